The average molecular weight is 719 g/mol. The molecule has 1 aliphatic rings. The van der Waals surface area contributed by atoms with Crippen LogP contribution in [0.5, 0.6) is 0 Å². The molecular formula is C29H50N8O9S2. The highest BCUT2D eigenvalue weighted by molar-refractivity contribution is 7.80. The van der Waals surface area contributed by atoms with Crippen LogP contribution in [0.2, 0.25) is 0 Å². The van der Waals surface area contributed by atoms with Gasteiger partial charge in [-0.2, -0.15) is 25.3 Å². The molecule has 0 aromatic heterocycles. The molecular weight excluding hydrogens is 669 g/mol. The fourth-order valence-electron chi connectivity index (χ4n) is 4.80. The average Bonchev–Trinajstić information content (AvgIpc) is 3.51. The predicted octanol–water partition coefficient (Wildman–Crippen LogP) is -2.73. The van der Waals surface area contributed by atoms with Crippen molar-refractivity contribution in [3.8, 4) is 0 Å². The number of primary amides is 1. The highest BCUT2D eigenvalue weighted by Gasteiger charge is 2.41. The van der Waals surface area contributed by atoms with Crippen LogP contribution in [0.4, 0.5) is 0 Å². The molecule has 1 aliphatic heterocycles. The Labute approximate surface area is 291 Å². The zero-order valence-corrected chi connectivity index (χ0v) is 29.6. The van der Waals surface area contributed by atoms with Crippen molar-refractivity contribution in [2.75, 3.05) is 18.1 Å². The summed E-state index contributed by atoms with van der Waals surface area (Å²) in [4.78, 5) is 103. The molecule has 272 valence electrons. The van der Waals surface area contributed by atoms with E-state index in [2.05, 4.69) is 51.8 Å². The van der Waals surface area contributed by atoms with E-state index in [9.17, 15) is 43.5 Å². The maximum Gasteiger partial charge on any atom is 0.327 e. The van der Waals surface area contributed by atoms with Crippen LogP contribution < -0.4 is 38.1 Å². The second kappa shape index (κ2) is 20.1. The molecule has 0 unspecified atom stereocenters. The summed E-state index contributed by atoms with van der Waals surface area (Å²) in [6, 6.07) is -7.86. The summed E-state index contributed by atoms with van der Waals surface area (Å²) in [7, 11) is 0. The summed E-state index contributed by atoms with van der Waals surface area (Å²) in [5.41, 5.74) is 10.9. The standard InChI is InChI=1S/C29H50N8O9S2/c1-13(2)21(35-23(39)15(5)32-24(40)16(30)11-47)27(43)36-22(14(3)4)28(44)37-10-6-7-19(37)26(42)33-17(8-9-20(31)38)25(41)34-18(12-48)29(45)46/h13-19,21-22,47-48H,6-12,30H2,1-5H3,(H2,31,38)(H,32,40)(H,33,42)(H,34,41)(H,35,39)(H,36,43)(H,45,46)/t15-,16-,17-,18-,19-,21-,22-/m0/s1. The van der Waals surface area contributed by atoms with E-state index < -0.39 is 101 Å². The van der Waals surface area contributed by atoms with Crippen molar-refractivity contribution in [3.63, 3.8) is 0 Å². The van der Waals surface area contributed by atoms with Crippen LogP contribution in [0.1, 0.15) is 60.3 Å². The van der Waals surface area contributed by atoms with Crippen LogP contribution in [0.25, 0.3) is 0 Å². The maximum atomic E-state index is 13.8. The third-order valence-electron chi connectivity index (χ3n) is 7.71. The third-order valence-corrected chi connectivity index (χ3v) is 8.47. The number of carboxylic acids is 1. The maximum absolute atomic E-state index is 13.8. The molecule has 1 rings (SSSR count). The topological polar surface area (TPSA) is 272 Å². The Morgan fingerprint density at radius 1 is 0.771 bits per heavy atom. The number of nitrogens with one attached hydrogen (secondary N) is 5. The summed E-state index contributed by atoms with van der Waals surface area (Å²) in [5.74, 6) is -7.15. The first-order valence-electron chi connectivity index (χ1n) is 15.7. The number of nitrogens with two attached hydrogens (primary N) is 2. The van der Waals surface area contributed by atoms with Gasteiger partial charge in [0.25, 0.3) is 0 Å². The van der Waals surface area contributed by atoms with Crippen LogP contribution in [0.15, 0.2) is 0 Å². The van der Waals surface area contributed by atoms with Crippen molar-refractivity contribution in [2.24, 2.45) is 23.3 Å². The molecule has 0 aromatic rings. The Balaban J connectivity index is 3.11. The molecule has 0 spiro atoms. The second-order valence-corrected chi connectivity index (χ2v) is 13.0. The van der Waals surface area contributed by atoms with Gasteiger partial charge >= 0.3 is 5.97 Å². The number of carbonyl (C=O) groups excluding carboxylic acids is 7. The van der Waals surface area contributed by atoms with Gasteiger partial charge < -0.3 is 48.1 Å². The zero-order valence-electron chi connectivity index (χ0n) is 27.9. The Hall–Kier alpha value is -3.58. The predicted molar refractivity (Wildman–Crippen MR) is 181 cm³/mol. The van der Waals surface area contributed by atoms with E-state index in [-0.39, 0.29) is 37.3 Å². The lowest BCUT2D eigenvalue weighted by Crippen LogP contribution is -2.61. The fraction of sp³-hybridized carbons (Fsp3) is 0.724. The summed E-state index contributed by atoms with van der Waals surface area (Å²) >= 11 is 7.88. The summed E-state index contributed by atoms with van der Waals surface area (Å²) < 4.78 is 0. The molecule has 1 fully saturated rings. The van der Waals surface area contributed by atoms with Crippen LogP contribution in [0, 0.1) is 11.8 Å². The van der Waals surface area contributed by atoms with Crippen LogP contribution in [-0.2, 0) is 38.4 Å². The van der Waals surface area contributed by atoms with E-state index >= 15 is 0 Å². The van der Waals surface area contributed by atoms with Gasteiger partial charge in [-0.3, -0.25) is 33.6 Å². The summed E-state index contributed by atoms with van der Waals surface area (Å²) in [6.45, 7) is 8.38. The number of thiol groups is 2. The Morgan fingerprint density at radius 2 is 1.35 bits per heavy atom. The van der Waals surface area contributed by atoms with E-state index in [1.807, 2.05) is 0 Å². The first-order valence-corrected chi connectivity index (χ1v) is 16.9. The van der Waals surface area contributed by atoms with Crippen molar-refractivity contribution in [1.29, 1.82) is 0 Å². The van der Waals surface area contributed by atoms with E-state index in [4.69, 9.17) is 11.5 Å². The lowest BCUT2D eigenvalue weighted by molar-refractivity contribution is -0.144. The molecule has 0 aliphatic carbocycles. The smallest absolute Gasteiger partial charge is 0.327 e. The van der Waals surface area contributed by atoms with Gasteiger partial charge in [-0.1, -0.05) is 27.7 Å². The SMILES string of the molecule is CC(C)[C@H](NC(=O)[C@H](C)NC(=O)[C@@H](N)CS)C(=O)N[C@H](C(=O)N1CCC[C@H]1C(=O)N[C@@H](CCC(N)=O)C(=O)N[C@@H](CS)C(=O)O)C(C)C. The Kier molecular flexibility index (Phi) is 17.7. The quantitative estimate of drug-likeness (QED) is 0.0616. The van der Waals surface area contributed by atoms with Gasteiger partial charge in [0.2, 0.25) is 41.4 Å². The number of nitrogens with zero attached hydrogens (tertiary/aromatic N) is 1. The molecule has 0 aromatic carbocycles. The number of carbonyl (C=O) groups is 8. The molecule has 0 bridgehead atoms. The first-order chi connectivity index (χ1) is 22.4. The monoisotopic (exact) mass is 718 g/mol. The lowest BCUT2D eigenvalue weighted by atomic mass is 9.98. The summed E-state index contributed by atoms with van der Waals surface area (Å²) in [6.07, 6.45) is 0.171. The van der Waals surface area contributed by atoms with Gasteiger partial charge in [-0.25, -0.2) is 4.79 Å². The molecule has 0 radical (unpaired) electrons. The van der Waals surface area contributed by atoms with Gasteiger partial charge in [0, 0.05) is 24.5 Å². The largest absolute Gasteiger partial charge is 0.480 e. The zero-order chi connectivity index (χ0) is 36.9. The number of amides is 7. The van der Waals surface area contributed by atoms with Crippen LogP contribution >= 0.6 is 25.3 Å². The molecule has 1 heterocycles. The number of likely N-dealkylation sites (tertiary alicyclic amines) is 1. The number of rotatable bonds is 19. The number of hydrogen-bond donors (Lipinski definition) is 10. The van der Waals surface area contributed by atoms with E-state index in [0.29, 0.717) is 6.42 Å². The van der Waals surface area contributed by atoms with Crippen molar-refractivity contribution in [1.82, 2.24) is 31.5 Å². The van der Waals surface area contributed by atoms with Crippen LogP contribution in [0.3, 0.4) is 0 Å². The molecule has 7 amide bonds. The minimum absolute atomic E-state index is 0.0657. The first kappa shape index (κ1) is 42.4. The highest BCUT2D eigenvalue weighted by Crippen LogP contribution is 2.21. The number of aliphatic carboxylic acids is 1. The van der Waals surface area contributed by atoms with Gasteiger partial charge in [0.05, 0.1) is 6.04 Å². The Bertz CT molecular complexity index is 1210. The molecule has 19 heteroatoms. The second-order valence-electron chi connectivity index (χ2n) is 12.3. The number of carboxylic acid groups (broad SMARTS) is 1. The molecule has 10 N–H and O–H groups in total. The van der Waals surface area contributed by atoms with Gasteiger partial charge in [-0.15, -0.1) is 0 Å². The van der Waals surface area contributed by atoms with E-state index in [1.165, 1.54) is 11.8 Å². The van der Waals surface area contributed by atoms with E-state index in [1.54, 1.807) is 27.7 Å². The van der Waals surface area contributed by atoms with Crippen molar-refractivity contribution < 1.29 is 43.5 Å². The van der Waals surface area contributed by atoms with Crippen molar-refractivity contribution in [2.45, 2.75) is 103 Å². The van der Waals surface area contributed by atoms with Gasteiger partial charge in [0.1, 0.15) is 36.3 Å². The fourth-order valence-corrected chi connectivity index (χ4v) is 5.21. The molecule has 17 nitrogen and oxygen atoms in total. The lowest BCUT2D eigenvalue weighted by Gasteiger charge is -2.33. The van der Waals surface area contributed by atoms with Gasteiger partial charge in [0.15, 0.2) is 0 Å². The number of hydrogen-bond acceptors (Lipinski definition) is 11. The van der Waals surface area contributed by atoms with Crippen LogP contribution in [-0.4, -0.2) is 118 Å². The van der Waals surface area contributed by atoms with Gasteiger partial charge in [-0.05, 0) is 38.0 Å². The Morgan fingerprint density at radius 3 is 1.85 bits per heavy atom. The minimum Gasteiger partial charge on any atom is -0.480 e. The van der Waals surface area contributed by atoms with Crippen molar-refractivity contribution in [3.05, 3.63) is 0 Å². The molecule has 7 atom stereocenters. The summed E-state index contributed by atoms with van der Waals surface area (Å²) in [5, 5.41) is 21.8. The van der Waals surface area contributed by atoms with E-state index in [0.717, 1.165) is 0 Å². The van der Waals surface area contributed by atoms with Crippen molar-refractivity contribution >= 4 is 72.6 Å². The molecule has 48 heavy (non-hydrogen) atoms. The normalized spacial score (nSPS) is 18.1. The minimum atomic E-state index is -1.36. The highest BCUT2D eigenvalue weighted by atomic mass is 32.1. The molecule has 0 saturated carbocycles. The molecule has 1 saturated heterocycles. The third kappa shape index (κ3) is 12.8.